The van der Waals surface area contributed by atoms with E-state index in [0.717, 1.165) is 26.5 Å². The number of rotatable bonds is 4. The molecule has 2 aromatic heterocycles. The largest absolute Gasteiger partial charge is 0.305 e. The van der Waals surface area contributed by atoms with Crippen LogP contribution in [-0.4, -0.2) is 14.4 Å². The number of hydrogen-bond donors (Lipinski definition) is 1. The van der Waals surface area contributed by atoms with Crippen LogP contribution in [0.3, 0.4) is 0 Å². The summed E-state index contributed by atoms with van der Waals surface area (Å²) < 4.78 is 2.80. The molecule has 0 aliphatic heterocycles. The van der Waals surface area contributed by atoms with Crippen molar-refractivity contribution in [1.82, 2.24) is 19.7 Å². The van der Waals surface area contributed by atoms with Crippen molar-refractivity contribution in [2.45, 2.75) is 19.5 Å². The van der Waals surface area contributed by atoms with E-state index in [1.54, 1.807) is 6.20 Å². The van der Waals surface area contributed by atoms with Crippen molar-refractivity contribution in [3.8, 4) is 0 Å². The van der Waals surface area contributed by atoms with Crippen molar-refractivity contribution in [1.29, 1.82) is 0 Å². The molecule has 0 spiro atoms. The second-order valence-electron chi connectivity index (χ2n) is 4.81. The quantitative estimate of drug-likeness (QED) is 0.760. The van der Waals surface area contributed by atoms with Crippen molar-refractivity contribution in [3.63, 3.8) is 0 Å². The molecule has 1 aromatic carbocycles. The average Bonchev–Trinajstić information content (AvgIpc) is 2.87. The van der Waals surface area contributed by atoms with E-state index in [2.05, 4.69) is 38.1 Å². The van der Waals surface area contributed by atoms with Gasteiger partial charge in [-0.25, -0.2) is 9.97 Å². The Morgan fingerprint density at radius 2 is 2.10 bits per heavy atom. The van der Waals surface area contributed by atoms with Gasteiger partial charge in [-0.1, -0.05) is 29.8 Å². The summed E-state index contributed by atoms with van der Waals surface area (Å²) in [6, 6.07) is 8.04. The number of nitrogens with one attached hydrogen (secondary N) is 1. The maximum atomic E-state index is 6.22. The van der Waals surface area contributed by atoms with Gasteiger partial charge in [0.2, 0.25) is 0 Å². The minimum atomic E-state index is 0.162. The van der Waals surface area contributed by atoms with E-state index in [0.29, 0.717) is 6.54 Å². The first kappa shape index (κ1) is 14.5. The lowest BCUT2D eigenvalue weighted by Crippen LogP contribution is -2.19. The van der Waals surface area contributed by atoms with Crippen LogP contribution in [0, 0.1) is 0 Å². The minimum Gasteiger partial charge on any atom is -0.305 e. The molecule has 6 heteroatoms. The molecule has 0 saturated heterocycles. The molecule has 3 rings (SSSR count). The van der Waals surface area contributed by atoms with Crippen LogP contribution in [0.1, 0.15) is 24.2 Å². The summed E-state index contributed by atoms with van der Waals surface area (Å²) in [6.45, 7) is 2.80. The lowest BCUT2D eigenvalue weighted by molar-refractivity contribution is 0.566. The molecule has 0 amide bonds. The lowest BCUT2D eigenvalue weighted by Gasteiger charge is -2.15. The zero-order valence-electron chi connectivity index (χ0n) is 11.4. The summed E-state index contributed by atoms with van der Waals surface area (Å²) in [5.74, 6) is 0. The van der Waals surface area contributed by atoms with Crippen molar-refractivity contribution < 1.29 is 0 Å². The summed E-state index contributed by atoms with van der Waals surface area (Å²) >= 11 is 9.60. The Hall–Kier alpha value is -1.43. The van der Waals surface area contributed by atoms with E-state index in [-0.39, 0.29) is 6.04 Å². The normalized spacial score (nSPS) is 12.7. The van der Waals surface area contributed by atoms with Crippen LogP contribution in [0.15, 0.2) is 47.5 Å². The van der Waals surface area contributed by atoms with Crippen molar-refractivity contribution in [3.05, 3.63) is 63.7 Å². The fourth-order valence-corrected chi connectivity index (χ4v) is 2.85. The highest BCUT2D eigenvalue weighted by Crippen LogP contribution is 2.22. The molecule has 1 atom stereocenters. The number of aromatic nitrogens is 3. The van der Waals surface area contributed by atoms with Crippen LogP contribution in [-0.2, 0) is 6.54 Å². The van der Waals surface area contributed by atoms with Gasteiger partial charge in [0.1, 0.15) is 4.60 Å². The third-order valence-corrected chi connectivity index (χ3v) is 4.16. The molecule has 0 fully saturated rings. The maximum Gasteiger partial charge on any atom is 0.155 e. The third kappa shape index (κ3) is 3.10. The standard InChI is InChI=1S/C15H14BrClN4/c1-10(12-4-2-3-5-13(12)17)18-6-11-7-20-15-8-19-14(16)9-21(11)15/h2-5,7-10,18H,6H2,1H3. The van der Waals surface area contributed by atoms with Gasteiger partial charge in [-0.05, 0) is 34.5 Å². The molecule has 0 aliphatic rings. The Labute approximate surface area is 136 Å². The van der Waals surface area contributed by atoms with Gasteiger partial charge in [-0.15, -0.1) is 0 Å². The molecular weight excluding hydrogens is 352 g/mol. The Balaban J connectivity index is 1.77. The summed E-state index contributed by atoms with van der Waals surface area (Å²) in [7, 11) is 0. The highest BCUT2D eigenvalue weighted by atomic mass is 79.9. The zero-order valence-corrected chi connectivity index (χ0v) is 13.8. The molecule has 1 unspecified atom stereocenters. The molecule has 2 heterocycles. The number of imidazole rings is 1. The summed E-state index contributed by atoms with van der Waals surface area (Å²) in [6.07, 6.45) is 5.51. The summed E-state index contributed by atoms with van der Waals surface area (Å²) in [4.78, 5) is 8.51. The van der Waals surface area contributed by atoms with Gasteiger partial charge in [0.15, 0.2) is 5.65 Å². The lowest BCUT2D eigenvalue weighted by atomic mass is 10.1. The topological polar surface area (TPSA) is 42.2 Å². The number of hydrogen-bond acceptors (Lipinski definition) is 3. The van der Waals surface area contributed by atoms with Crippen LogP contribution in [0.5, 0.6) is 0 Å². The molecule has 0 saturated carbocycles. The van der Waals surface area contributed by atoms with Crippen molar-refractivity contribution >= 4 is 33.2 Å². The van der Waals surface area contributed by atoms with Crippen LogP contribution in [0.4, 0.5) is 0 Å². The van der Waals surface area contributed by atoms with Gasteiger partial charge in [0, 0.05) is 23.8 Å². The van der Waals surface area contributed by atoms with Gasteiger partial charge < -0.3 is 5.32 Å². The fourth-order valence-electron chi connectivity index (χ4n) is 2.24. The maximum absolute atomic E-state index is 6.22. The van der Waals surface area contributed by atoms with Gasteiger partial charge in [-0.3, -0.25) is 4.40 Å². The van der Waals surface area contributed by atoms with Gasteiger partial charge in [0.25, 0.3) is 0 Å². The minimum absolute atomic E-state index is 0.162. The highest BCUT2D eigenvalue weighted by molar-refractivity contribution is 9.10. The van der Waals surface area contributed by atoms with Gasteiger partial charge in [0.05, 0.1) is 18.1 Å². The predicted molar refractivity (Wildman–Crippen MR) is 87.4 cm³/mol. The molecule has 1 N–H and O–H groups in total. The third-order valence-electron chi connectivity index (χ3n) is 3.40. The predicted octanol–water partition coefficient (Wildman–Crippen LogP) is 4.00. The van der Waals surface area contributed by atoms with Crippen LogP contribution < -0.4 is 5.32 Å². The fraction of sp³-hybridized carbons (Fsp3) is 0.200. The van der Waals surface area contributed by atoms with Crippen molar-refractivity contribution in [2.24, 2.45) is 0 Å². The SMILES string of the molecule is CC(NCc1cnc2cnc(Br)cn12)c1ccccc1Cl. The zero-order chi connectivity index (χ0) is 14.8. The van der Waals surface area contributed by atoms with Gasteiger partial charge in [-0.2, -0.15) is 0 Å². The Morgan fingerprint density at radius 1 is 1.29 bits per heavy atom. The van der Waals surface area contributed by atoms with E-state index >= 15 is 0 Å². The molecule has 3 aromatic rings. The van der Waals surface area contributed by atoms with E-state index in [1.165, 1.54) is 0 Å². The van der Waals surface area contributed by atoms with Crippen LogP contribution in [0.2, 0.25) is 5.02 Å². The van der Waals surface area contributed by atoms with E-state index < -0.39 is 0 Å². The van der Waals surface area contributed by atoms with Crippen LogP contribution in [0.25, 0.3) is 5.65 Å². The van der Waals surface area contributed by atoms with E-state index in [4.69, 9.17) is 11.6 Å². The number of nitrogens with zero attached hydrogens (tertiary/aromatic N) is 3. The summed E-state index contributed by atoms with van der Waals surface area (Å²) in [5, 5.41) is 4.25. The molecule has 0 aliphatic carbocycles. The molecule has 21 heavy (non-hydrogen) atoms. The first-order chi connectivity index (χ1) is 10.1. The van der Waals surface area contributed by atoms with Crippen molar-refractivity contribution in [2.75, 3.05) is 0 Å². The number of halogens is 2. The second-order valence-corrected chi connectivity index (χ2v) is 6.03. The highest BCUT2D eigenvalue weighted by Gasteiger charge is 2.10. The van der Waals surface area contributed by atoms with Crippen LogP contribution >= 0.6 is 27.5 Å². The monoisotopic (exact) mass is 364 g/mol. The molecule has 108 valence electrons. The second kappa shape index (κ2) is 6.13. The molecule has 4 nitrogen and oxygen atoms in total. The first-order valence-electron chi connectivity index (χ1n) is 6.60. The van der Waals surface area contributed by atoms with E-state index in [1.807, 2.05) is 41.1 Å². The average molecular weight is 366 g/mol. The Morgan fingerprint density at radius 3 is 2.90 bits per heavy atom. The number of fused-ring (bicyclic) bond motifs is 1. The molecule has 0 radical (unpaired) electrons. The Kier molecular flexibility index (Phi) is 4.24. The van der Waals surface area contributed by atoms with Gasteiger partial charge >= 0.3 is 0 Å². The first-order valence-corrected chi connectivity index (χ1v) is 7.77. The van der Waals surface area contributed by atoms with E-state index in [9.17, 15) is 0 Å². The summed E-state index contributed by atoms with van der Waals surface area (Å²) in [5.41, 5.74) is 3.00. The number of benzene rings is 1. The Bertz CT molecular complexity index is 771. The smallest absolute Gasteiger partial charge is 0.155 e. The molecule has 0 bridgehead atoms. The molecular formula is C15H14BrClN4.